The second-order valence-electron chi connectivity index (χ2n) is 4.34. The minimum atomic E-state index is -0.403. The van der Waals surface area contributed by atoms with Crippen molar-refractivity contribution in [1.82, 2.24) is 10.2 Å². The van der Waals surface area contributed by atoms with Crippen molar-refractivity contribution in [1.29, 1.82) is 0 Å². The van der Waals surface area contributed by atoms with Gasteiger partial charge >= 0.3 is 5.97 Å². The molecule has 0 saturated heterocycles. The molecule has 0 aromatic carbocycles. The van der Waals surface area contributed by atoms with E-state index in [2.05, 4.69) is 5.32 Å². The lowest BCUT2D eigenvalue weighted by atomic mass is 10.2. The molecule has 0 fully saturated rings. The summed E-state index contributed by atoms with van der Waals surface area (Å²) in [7, 11) is 0. The van der Waals surface area contributed by atoms with Crippen molar-refractivity contribution in [2.45, 2.75) is 33.4 Å². The Morgan fingerprint density at radius 1 is 1.45 bits per heavy atom. The van der Waals surface area contributed by atoms with Gasteiger partial charge in [0.1, 0.15) is 5.76 Å². The van der Waals surface area contributed by atoms with Crippen LogP contribution in [0.1, 0.15) is 26.5 Å². The van der Waals surface area contributed by atoms with Gasteiger partial charge in [0, 0.05) is 0 Å². The van der Waals surface area contributed by atoms with E-state index in [-0.39, 0.29) is 18.4 Å². The fourth-order valence-corrected chi connectivity index (χ4v) is 1.80. The van der Waals surface area contributed by atoms with Crippen LogP contribution in [0.4, 0.5) is 0 Å². The summed E-state index contributed by atoms with van der Waals surface area (Å²) >= 11 is 0. The number of hydrogen-bond acceptors (Lipinski definition) is 5. The van der Waals surface area contributed by atoms with Gasteiger partial charge in [-0.15, -0.1) is 0 Å². The second-order valence-corrected chi connectivity index (χ2v) is 4.34. The number of carbonyl (C=O) groups is 2. The third-order valence-electron chi connectivity index (χ3n) is 2.99. The van der Waals surface area contributed by atoms with Crippen LogP contribution in [0.25, 0.3) is 0 Å². The largest absolute Gasteiger partial charge is 0.467 e. The summed E-state index contributed by atoms with van der Waals surface area (Å²) in [6.45, 7) is 6.81. The van der Waals surface area contributed by atoms with Crippen molar-refractivity contribution in [3.8, 4) is 0 Å². The van der Waals surface area contributed by atoms with E-state index in [1.165, 1.54) is 0 Å². The van der Waals surface area contributed by atoms with E-state index in [9.17, 15) is 9.59 Å². The first-order valence-electron chi connectivity index (χ1n) is 6.78. The van der Waals surface area contributed by atoms with Crippen LogP contribution < -0.4 is 5.32 Å². The number of ether oxygens (including phenoxy) is 1. The average molecular weight is 282 g/mol. The molecule has 20 heavy (non-hydrogen) atoms. The van der Waals surface area contributed by atoms with Crippen LogP contribution in [0.3, 0.4) is 0 Å². The SMILES string of the molecule is CCOC(=O)CN(CC)C(C)C(=O)NCc1ccco1. The zero-order valence-electron chi connectivity index (χ0n) is 12.2. The standard InChI is InChI=1S/C14H22N2O4/c1-4-16(10-13(17)19-5-2)11(3)14(18)15-9-12-7-6-8-20-12/h6-8,11H,4-5,9-10H2,1-3H3,(H,15,18). The van der Waals surface area contributed by atoms with E-state index in [4.69, 9.17) is 9.15 Å². The predicted octanol–water partition coefficient (Wildman–Crippen LogP) is 1.17. The minimum absolute atomic E-state index is 0.111. The number of rotatable bonds is 8. The Bertz CT molecular complexity index is 417. The van der Waals surface area contributed by atoms with Crippen molar-refractivity contribution in [2.24, 2.45) is 0 Å². The van der Waals surface area contributed by atoms with Crippen LogP contribution in [-0.4, -0.2) is 42.5 Å². The maximum absolute atomic E-state index is 12.0. The highest BCUT2D eigenvalue weighted by Crippen LogP contribution is 2.02. The molecule has 0 radical (unpaired) electrons. The van der Waals surface area contributed by atoms with Crippen LogP contribution in [0.15, 0.2) is 22.8 Å². The molecule has 1 N–H and O–H groups in total. The van der Waals surface area contributed by atoms with Crippen LogP contribution >= 0.6 is 0 Å². The van der Waals surface area contributed by atoms with Crippen molar-refractivity contribution in [3.05, 3.63) is 24.2 Å². The molecule has 0 aliphatic rings. The highest BCUT2D eigenvalue weighted by molar-refractivity contribution is 5.82. The number of furan rings is 1. The molecule has 1 atom stereocenters. The summed E-state index contributed by atoms with van der Waals surface area (Å²) < 4.78 is 10.0. The first-order valence-corrected chi connectivity index (χ1v) is 6.78. The highest BCUT2D eigenvalue weighted by Gasteiger charge is 2.22. The Morgan fingerprint density at radius 3 is 2.75 bits per heavy atom. The van der Waals surface area contributed by atoms with Crippen LogP contribution in [0.5, 0.6) is 0 Å². The van der Waals surface area contributed by atoms with E-state index in [0.29, 0.717) is 25.5 Å². The van der Waals surface area contributed by atoms with Crippen molar-refractivity contribution in [3.63, 3.8) is 0 Å². The smallest absolute Gasteiger partial charge is 0.320 e. The van der Waals surface area contributed by atoms with Crippen LogP contribution in [-0.2, 0) is 20.9 Å². The Hall–Kier alpha value is -1.82. The Morgan fingerprint density at radius 2 is 2.20 bits per heavy atom. The molecule has 112 valence electrons. The van der Waals surface area contributed by atoms with E-state index < -0.39 is 6.04 Å². The quantitative estimate of drug-likeness (QED) is 0.725. The van der Waals surface area contributed by atoms with Crippen molar-refractivity contribution in [2.75, 3.05) is 19.7 Å². The predicted molar refractivity (Wildman–Crippen MR) is 73.9 cm³/mol. The van der Waals surface area contributed by atoms with Crippen molar-refractivity contribution >= 4 is 11.9 Å². The first-order chi connectivity index (χ1) is 9.58. The fourth-order valence-electron chi connectivity index (χ4n) is 1.80. The Kier molecular flexibility index (Phi) is 6.79. The highest BCUT2D eigenvalue weighted by atomic mass is 16.5. The molecular weight excluding hydrogens is 260 g/mol. The van der Waals surface area contributed by atoms with Crippen molar-refractivity contribution < 1.29 is 18.7 Å². The maximum Gasteiger partial charge on any atom is 0.320 e. The molecule has 0 saturated carbocycles. The normalized spacial score (nSPS) is 12.2. The molecule has 6 heteroatoms. The van der Waals surface area contributed by atoms with Gasteiger partial charge in [-0.2, -0.15) is 0 Å². The summed E-state index contributed by atoms with van der Waals surface area (Å²) in [6.07, 6.45) is 1.56. The number of likely N-dealkylation sites (N-methyl/N-ethyl adjacent to an activating group) is 1. The second kappa shape index (κ2) is 8.37. The van der Waals surface area contributed by atoms with Crippen LogP contribution in [0, 0.1) is 0 Å². The van der Waals surface area contributed by atoms with Gasteiger partial charge in [0.15, 0.2) is 0 Å². The molecule has 0 aliphatic carbocycles. The van der Waals surface area contributed by atoms with E-state index >= 15 is 0 Å². The molecule has 6 nitrogen and oxygen atoms in total. The third-order valence-corrected chi connectivity index (χ3v) is 2.99. The molecule has 0 bridgehead atoms. The number of amides is 1. The van der Waals surface area contributed by atoms with Crippen LogP contribution in [0.2, 0.25) is 0 Å². The zero-order chi connectivity index (χ0) is 15.0. The van der Waals surface area contributed by atoms with Gasteiger partial charge in [0.25, 0.3) is 0 Å². The summed E-state index contributed by atoms with van der Waals surface area (Å²) in [5.74, 6) is 0.228. The van der Waals surface area contributed by atoms with Gasteiger partial charge < -0.3 is 14.5 Å². The summed E-state index contributed by atoms with van der Waals surface area (Å²) in [5, 5.41) is 2.78. The molecule has 0 aliphatic heterocycles. The lowest BCUT2D eigenvalue weighted by Crippen LogP contribution is -2.47. The minimum Gasteiger partial charge on any atom is -0.467 e. The first kappa shape index (κ1) is 16.2. The van der Waals surface area contributed by atoms with E-state index in [0.717, 1.165) is 0 Å². The zero-order valence-corrected chi connectivity index (χ0v) is 12.2. The fraction of sp³-hybridized carbons (Fsp3) is 0.571. The molecule has 1 rings (SSSR count). The van der Waals surface area contributed by atoms with Gasteiger partial charge in [0.2, 0.25) is 5.91 Å². The topological polar surface area (TPSA) is 71.8 Å². The van der Waals surface area contributed by atoms with Gasteiger partial charge in [-0.05, 0) is 32.5 Å². The lowest BCUT2D eigenvalue weighted by Gasteiger charge is -2.25. The van der Waals surface area contributed by atoms with Gasteiger partial charge in [-0.3, -0.25) is 14.5 Å². The summed E-state index contributed by atoms with van der Waals surface area (Å²) in [5.41, 5.74) is 0. The number of esters is 1. The van der Waals surface area contributed by atoms with E-state index in [1.54, 1.807) is 37.1 Å². The number of carbonyl (C=O) groups excluding carboxylic acids is 2. The molecule has 1 aromatic rings. The monoisotopic (exact) mass is 282 g/mol. The number of nitrogens with one attached hydrogen (secondary N) is 1. The summed E-state index contributed by atoms with van der Waals surface area (Å²) in [6, 6.07) is 3.16. The van der Waals surface area contributed by atoms with Gasteiger partial charge in [-0.1, -0.05) is 6.92 Å². The average Bonchev–Trinajstić information content (AvgIpc) is 2.95. The number of nitrogens with zero attached hydrogens (tertiary/aromatic N) is 1. The number of hydrogen-bond donors (Lipinski definition) is 1. The molecule has 1 heterocycles. The molecule has 0 spiro atoms. The third kappa shape index (κ3) is 5.05. The Balaban J connectivity index is 2.45. The lowest BCUT2D eigenvalue weighted by molar-refractivity contribution is -0.145. The molecule has 1 amide bonds. The van der Waals surface area contributed by atoms with Gasteiger partial charge in [0.05, 0.1) is 32.0 Å². The van der Waals surface area contributed by atoms with Gasteiger partial charge in [-0.25, -0.2) is 0 Å². The maximum atomic E-state index is 12.0. The molecular formula is C14H22N2O4. The molecule has 1 aromatic heterocycles. The molecule has 1 unspecified atom stereocenters. The summed E-state index contributed by atoms with van der Waals surface area (Å²) in [4.78, 5) is 25.3. The van der Waals surface area contributed by atoms with E-state index in [1.807, 2.05) is 6.92 Å². The Labute approximate surface area is 119 Å².